The fourth-order valence-electron chi connectivity index (χ4n) is 3.26. The van der Waals surface area contributed by atoms with Gasteiger partial charge in [-0.05, 0) is 58.1 Å². The van der Waals surface area contributed by atoms with Crippen LogP contribution < -0.4 is 5.32 Å². The summed E-state index contributed by atoms with van der Waals surface area (Å²) in [6.45, 7) is 10.8. The molecule has 0 aliphatic carbocycles. The van der Waals surface area contributed by atoms with E-state index in [4.69, 9.17) is 9.47 Å². The number of hydrogen-bond donors (Lipinski definition) is 1. The second-order valence-corrected chi connectivity index (χ2v) is 8.31. The van der Waals surface area contributed by atoms with E-state index < -0.39 is 5.60 Å². The molecule has 0 aromatic heterocycles. The van der Waals surface area contributed by atoms with Crippen molar-refractivity contribution in [3.05, 3.63) is 35.4 Å². The summed E-state index contributed by atoms with van der Waals surface area (Å²) in [4.78, 5) is 25.8. The average Bonchev–Trinajstić information content (AvgIpc) is 2.61. The van der Waals surface area contributed by atoms with E-state index in [1.165, 1.54) is 5.56 Å². The van der Waals surface area contributed by atoms with Crippen LogP contribution in [0.2, 0.25) is 0 Å². The molecular weight excluding hydrogens is 356 g/mol. The van der Waals surface area contributed by atoms with Crippen molar-refractivity contribution in [1.82, 2.24) is 10.2 Å². The molecule has 0 atom stereocenters. The minimum Gasteiger partial charge on any atom is -0.466 e. The summed E-state index contributed by atoms with van der Waals surface area (Å²) in [5, 5.41) is 2.97. The van der Waals surface area contributed by atoms with Crippen molar-refractivity contribution in [1.29, 1.82) is 0 Å². The van der Waals surface area contributed by atoms with Crippen molar-refractivity contribution in [2.24, 2.45) is 0 Å². The van der Waals surface area contributed by atoms with Crippen LogP contribution in [0.15, 0.2) is 24.3 Å². The number of nitrogens with zero attached hydrogens (tertiary/aromatic N) is 1. The molecule has 0 spiro atoms. The highest BCUT2D eigenvalue weighted by atomic mass is 16.6. The van der Waals surface area contributed by atoms with Crippen LogP contribution in [-0.4, -0.2) is 54.8 Å². The molecule has 1 amide bonds. The summed E-state index contributed by atoms with van der Waals surface area (Å²) in [7, 11) is 0. The first-order valence-corrected chi connectivity index (χ1v) is 10.2. The van der Waals surface area contributed by atoms with Gasteiger partial charge in [0.25, 0.3) is 0 Å². The first-order chi connectivity index (χ1) is 13.2. The van der Waals surface area contributed by atoms with E-state index in [2.05, 4.69) is 22.3 Å². The number of carbonyl (C=O) groups is 2. The van der Waals surface area contributed by atoms with Crippen LogP contribution in [0, 0.1) is 0 Å². The first kappa shape index (κ1) is 22.2. The van der Waals surface area contributed by atoms with Gasteiger partial charge in [-0.3, -0.25) is 4.79 Å². The summed E-state index contributed by atoms with van der Waals surface area (Å²) >= 11 is 0. The highest BCUT2D eigenvalue weighted by molar-refractivity contribution is 5.72. The number of likely N-dealkylation sites (tertiary alicyclic amines) is 1. The molecule has 6 nitrogen and oxygen atoms in total. The van der Waals surface area contributed by atoms with Crippen LogP contribution in [0.5, 0.6) is 0 Å². The van der Waals surface area contributed by atoms with Crippen molar-refractivity contribution >= 4 is 12.1 Å². The Morgan fingerprint density at radius 1 is 1.11 bits per heavy atom. The minimum atomic E-state index is -0.462. The quantitative estimate of drug-likeness (QED) is 0.724. The molecule has 28 heavy (non-hydrogen) atoms. The summed E-state index contributed by atoms with van der Waals surface area (Å²) in [5.41, 5.74) is 1.79. The van der Waals surface area contributed by atoms with Crippen LogP contribution in [0.4, 0.5) is 4.79 Å². The Kier molecular flexibility index (Phi) is 8.30. The van der Waals surface area contributed by atoms with Crippen LogP contribution in [0.3, 0.4) is 0 Å². The number of ether oxygens (including phenoxy) is 2. The number of piperidine rings is 1. The molecule has 1 aromatic rings. The van der Waals surface area contributed by atoms with Gasteiger partial charge in [0.05, 0.1) is 13.0 Å². The molecule has 156 valence electrons. The zero-order valence-corrected chi connectivity index (χ0v) is 17.6. The molecule has 1 aliphatic rings. The molecule has 2 rings (SSSR count). The lowest BCUT2D eigenvalue weighted by molar-refractivity contribution is -0.142. The molecule has 1 N–H and O–H groups in total. The normalized spacial score (nSPS) is 15.9. The second kappa shape index (κ2) is 10.5. The lowest BCUT2D eigenvalue weighted by atomic mass is 10.0. The third kappa shape index (κ3) is 8.30. The predicted molar refractivity (Wildman–Crippen MR) is 109 cm³/mol. The molecule has 0 bridgehead atoms. The van der Waals surface area contributed by atoms with Crippen molar-refractivity contribution in [3.8, 4) is 0 Å². The Bertz CT molecular complexity index is 629. The van der Waals surface area contributed by atoms with Crippen molar-refractivity contribution < 1.29 is 19.1 Å². The lowest BCUT2D eigenvalue weighted by Crippen LogP contribution is -2.46. The van der Waals surface area contributed by atoms with Crippen molar-refractivity contribution in [2.45, 2.75) is 65.0 Å². The van der Waals surface area contributed by atoms with Gasteiger partial charge in [-0.1, -0.05) is 24.3 Å². The monoisotopic (exact) mass is 390 g/mol. The van der Waals surface area contributed by atoms with Gasteiger partial charge in [0, 0.05) is 25.7 Å². The fourth-order valence-corrected chi connectivity index (χ4v) is 3.26. The first-order valence-electron chi connectivity index (χ1n) is 10.2. The number of esters is 1. The molecule has 1 heterocycles. The van der Waals surface area contributed by atoms with E-state index in [0.717, 1.165) is 44.5 Å². The predicted octanol–water partition coefficient (Wildman–Crippen LogP) is 3.32. The standard InChI is InChI=1S/C22H34N2O4/c1-5-27-20(25)16-18-8-6-17(7-9-18)10-13-24-14-11-19(12-15-24)23-21(26)28-22(2,3)4/h6-9,19H,5,10-16H2,1-4H3,(H,23,26). The van der Waals surface area contributed by atoms with Gasteiger partial charge in [0.15, 0.2) is 0 Å². The van der Waals surface area contributed by atoms with Crippen LogP contribution >= 0.6 is 0 Å². The maximum absolute atomic E-state index is 11.9. The third-order valence-electron chi connectivity index (χ3n) is 4.70. The van der Waals surface area contributed by atoms with Crippen LogP contribution in [0.25, 0.3) is 0 Å². The molecule has 1 saturated heterocycles. The maximum atomic E-state index is 11.9. The van der Waals surface area contributed by atoms with Gasteiger partial charge < -0.3 is 19.7 Å². The zero-order chi connectivity index (χ0) is 20.6. The molecule has 0 radical (unpaired) electrons. The largest absolute Gasteiger partial charge is 0.466 e. The Hall–Kier alpha value is -2.08. The average molecular weight is 391 g/mol. The molecule has 1 aromatic carbocycles. The summed E-state index contributed by atoms with van der Waals surface area (Å²) in [5.74, 6) is -0.182. The number of carbonyl (C=O) groups excluding carboxylic acids is 2. The SMILES string of the molecule is CCOC(=O)Cc1ccc(CCN2CCC(NC(=O)OC(C)(C)C)CC2)cc1. The highest BCUT2D eigenvalue weighted by Crippen LogP contribution is 2.14. The zero-order valence-electron chi connectivity index (χ0n) is 17.6. The highest BCUT2D eigenvalue weighted by Gasteiger charge is 2.23. The Morgan fingerprint density at radius 2 is 1.71 bits per heavy atom. The van der Waals surface area contributed by atoms with E-state index in [-0.39, 0.29) is 18.1 Å². The number of benzene rings is 1. The van der Waals surface area contributed by atoms with Gasteiger partial charge in [0.1, 0.15) is 5.60 Å². The number of alkyl carbamates (subject to hydrolysis) is 1. The van der Waals surface area contributed by atoms with Gasteiger partial charge in [-0.15, -0.1) is 0 Å². The van der Waals surface area contributed by atoms with Crippen molar-refractivity contribution in [2.75, 3.05) is 26.2 Å². The summed E-state index contributed by atoms with van der Waals surface area (Å²) < 4.78 is 10.3. The van der Waals surface area contributed by atoms with Gasteiger partial charge in [-0.25, -0.2) is 4.79 Å². The van der Waals surface area contributed by atoms with Gasteiger partial charge in [0.2, 0.25) is 0 Å². The number of hydrogen-bond acceptors (Lipinski definition) is 5. The smallest absolute Gasteiger partial charge is 0.407 e. The summed E-state index contributed by atoms with van der Waals surface area (Å²) in [6, 6.07) is 8.37. The van der Waals surface area contributed by atoms with E-state index in [9.17, 15) is 9.59 Å². The van der Waals surface area contributed by atoms with E-state index in [1.807, 2.05) is 39.8 Å². The number of amides is 1. The third-order valence-corrected chi connectivity index (χ3v) is 4.70. The lowest BCUT2D eigenvalue weighted by Gasteiger charge is -2.32. The number of nitrogens with one attached hydrogen (secondary N) is 1. The van der Waals surface area contributed by atoms with Crippen molar-refractivity contribution in [3.63, 3.8) is 0 Å². The van der Waals surface area contributed by atoms with Crippen LogP contribution in [-0.2, 0) is 27.1 Å². The van der Waals surface area contributed by atoms with Gasteiger partial charge in [-0.2, -0.15) is 0 Å². The van der Waals surface area contributed by atoms with Crippen LogP contribution in [0.1, 0.15) is 51.7 Å². The van der Waals surface area contributed by atoms with E-state index >= 15 is 0 Å². The molecule has 0 saturated carbocycles. The topological polar surface area (TPSA) is 67.9 Å². The number of rotatable bonds is 7. The van der Waals surface area contributed by atoms with Gasteiger partial charge >= 0.3 is 12.1 Å². The fraction of sp³-hybridized carbons (Fsp3) is 0.636. The van der Waals surface area contributed by atoms with E-state index in [0.29, 0.717) is 13.0 Å². The molecule has 1 fully saturated rings. The second-order valence-electron chi connectivity index (χ2n) is 8.31. The molecular formula is C22H34N2O4. The molecule has 0 unspecified atom stereocenters. The minimum absolute atomic E-state index is 0.182. The molecule has 1 aliphatic heterocycles. The maximum Gasteiger partial charge on any atom is 0.407 e. The summed E-state index contributed by atoms with van der Waals surface area (Å²) in [6.07, 6.45) is 2.86. The molecule has 6 heteroatoms. The Balaban J connectivity index is 1.68. The van der Waals surface area contributed by atoms with E-state index in [1.54, 1.807) is 0 Å². The Labute approximate surface area is 168 Å². The Morgan fingerprint density at radius 3 is 2.29 bits per heavy atom.